The summed E-state index contributed by atoms with van der Waals surface area (Å²) in [6.07, 6.45) is 5.86. The van der Waals surface area contributed by atoms with Crippen LogP contribution in [0.25, 0.3) is 5.69 Å². The number of aromatic nitrogens is 3. The van der Waals surface area contributed by atoms with E-state index in [4.69, 9.17) is 16.2 Å². The number of ether oxygens (including phenoxy) is 1. The second kappa shape index (κ2) is 7.51. The maximum Gasteiger partial charge on any atom is 0.271 e. The lowest BCUT2D eigenvalue weighted by atomic mass is 10.2. The van der Waals surface area contributed by atoms with Crippen LogP contribution in [0.3, 0.4) is 0 Å². The lowest BCUT2D eigenvalue weighted by molar-refractivity contribution is -0.114. The van der Waals surface area contributed by atoms with Gasteiger partial charge < -0.3 is 16.2 Å². The van der Waals surface area contributed by atoms with Crippen LogP contribution >= 0.6 is 0 Å². The minimum atomic E-state index is -0.794. The molecule has 0 aliphatic carbocycles. The fourth-order valence-corrected chi connectivity index (χ4v) is 3.12. The summed E-state index contributed by atoms with van der Waals surface area (Å²) < 4.78 is 7.09. The highest BCUT2D eigenvalue weighted by Crippen LogP contribution is 2.38. The number of hydrogen-bond donors (Lipinski definition) is 2. The minimum absolute atomic E-state index is 0.0372. The first-order valence-electron chi connectivity index (χ1n) is 8.79. The Balaban J connectivity index is 1.84. The Morgan fingerprint density at radius 1 is 1.03 bits per heavy atom. The Labute approximate surface area is 170 Å². The van der Waals surface area contributed by atoms with Crippen molar-refractivity contribution in [2.24, 2.45) is 11.5 Å². The number of rotatable bonds is 6. The van der Waals surface area contributed by atoms with Crippen molar-refractivity contribution in [2.45, 2.75) is 6.23 Å². The Bertz CT molecular complexity index is 1150. The van der Waals surface area contributed by atoms with Crippen molar-refractivity contribution in [3.63, 3.8) is 0 Å². The molecule has 4 N–H and O–H groups in total. The van der Waals surface area contributed by atoms with Gasteiger partial charge >= 0.3 is 0 Å². The Morgan fingerprint density at radius 2 is 1.73 bits per heavy atom. The average Bonchev–Trinajstić information content (AvgIpc) is 3.39. The molecule has 0 saturated carbocycles. The van der Waals surface area contributed by atoms with Gasteiger partial charge in [-0.05, 0) is 36.4 Å². The molecule has 30 heavy (non-hydrogen) atoms. The molecule has 1 atom stereocenters. The number of benzene rings is 1. The third-order valence-electron chi connectivity index (χ3n) is 4.53. The summed E-state index contributed by atoms with van der Waals surface area (Å²) in [4.78, 5) is 40.5. The predicted octanol–water partition coefficient (Wildman–Crippen LogP) is 1.04. The van der Waals surface area contributed by atoms with E-state index in [9.17, 15) is 14.4 Å². The molecule has 0 bridgehead atoms. The van der Waals surface area contributed by atoms with E-state index in [0.717, 1.165) is 6.29 Å². The Morgan fingerprint density at radius 3 is 2.33 bits per heavy atom. The number of amides is 2. The summed E-state index contributed by atoms with van der Waals surface area (Å²) in [5.74, 6) is -1.54. The molecule has 1 aliphatic rings. The van der Waals surface area contributed by atoms with Gasteiger partial charge in [0.2, 0.25) is 6.23 Å². The topological polar surface area (TPSA) is 146 Å². The second-order valence-electron chi connectivity index (χ2n) is 6.39. The van der Waals surface area contributed by atoms with E-state index >= 15 is 0 Å². The van der Waals surface area contributed by atoms with Crippen molar-refractivity contribution >= 4 is 23.8 Å². The Kier molecular flexibility index (Phi) is 4.72. The van der Waals surface area contributed by atoms with Crippen LogP contribution < -0.4 is 16.4 Å². The second-order valence-corrected chi connectivity index (χ2v) is 6.39. The molecular formula is C20H16N6O4. The summed E-state index contributed by atoms with van der Waals surface area (Å²) >= 11 is 0. The number of aldehydes is 1. The standard InChI is InChI=1S/C20H16N6O4/c21-18(28)16-11-30-20(13-5-7-23-8-6-13)26(16)15-9-25(24-17(15)19(22)29)14-3-1-12(10-27)2-4-14/h1-11,20H,(H2,21,28)(H2,22,29). The molecule has 3 aromatic rings. The van der Waals surface area contributed by atoms with Crippen molar-refractivity contribution in [3.8, 4) is 5.69 Å². The quantitative estimate of drug-likeness (QED) is 0.584. The fraction of sp³-hybridized carbons (Fsp3) is 0.0500. The first-order chi connectivity index (χ1) is 14.5. The van der Waals surface area contributed by atoms with E-state index in [2.05, 4.69) is 10.1 Å². The molecule has 150 valence electrons. The zero-order chi connectivity index (χ0) is 21.3. The molecule has 10 nitrogen and oxygen atoms in total. The van der Waals surface area contributed by atoms with E-state index in [1.807, 2.05) is 0 Å². The molecule has 2 aromatic heterocycles. The van der Waals surface area contributed by atoms with E-state index in [1.165, 1.54) is 22.0 Å². The van der Waals surface area contributed by atoms with Crippen molar-refractivity contribution in [2.75, 3.05) is 4.90 Å². The molecule has 1 aromatic carbocycles. The summed E-state index contributed by atoms with van der Waals surface area (Å²) in [7, 11) is 0. The zero-order valence-corrected chi connectivity index (χ0v) is 15.5. The average molecular weight is 404 g/mol. The molecule has 2 amide bonds. The maximum atomic E-state index is 12.1. The van der Waals surface area contributed by atoms with Gasteiger partial charge in [-0.15, -0.1) is 0 Å². The van der Waals surface area contributed by atoms with Crippen molar-refractivity contribution in [1.29, 1.82) is 0 Å². The largest absolute Gasteiger partial charge is 0.471 e. The normalized spacial score (nSPS) is 15.4. The molecule has 10 heteroatoms. The smallest absolute Gasteiger partial charge is 0.271 e. The van der Waals surface area contributed by atoms with Gasteiger partial charge in [0.1, 0.15) is 18.2 Å². The van der Waals surface area contributed by atoms with E-state index in [1.54, 1.807) is 48.8 Å². The van der Waals surface area contributed by atoms with Crippen LogP contribution in [-0.2, 0) is 9.53 Å². The number of carbonyl (C=O) groups is 3. The molecule has 0 spiro atoms. The third kappa shape index (κ3) is 3.26. The number of pyridine rings is 1. The van der Waals surface area contributed by atoms with Gasteiger partial charge in [-0.1, -0.05) is 0 Å². The highest BCUT2D eigenvalue weighted by atomic mass is 16.5. The fourth-order valence-electron chi connectivity index (χ4n) is 3.12. The van der Waals surface area contributed by atoms with Crippen molar-refractivity contribution in [1.82, 2.24) is 14.8 Å². The predicted molar refractivity (Wildman–Crippen MR) is 105 cm³/mol. The number of nitrogens with two attached hydrogens (primary N) is 2. The van der Waals surface area contributed by atoms with Gasteiger partial charge in [-0.2, -0.15) is 5.10 Å². The number of primary amides is 2. The van der Waals surface area contributed by atoms with Gasteiger partial charge in [0.25, 0.3) is 11.8 Å². The van der Waals surface area contributed by atoms with Crippen LogP contribution in [-0.4, -0.2) is 32.9 Å². The molecule has 1 unspecified atom stereocenters. The van der Waals surface area contributed by atoms with Crippen LogP contribution in [0.2, 0.25) is 0 Å². The van der Waals surface area contributed by atoms with E-state index in [-0.39, 0.29) is 17.1 Å². The first-order valence-corrected chi connectivity index (χ1v) is 8.79. The first kappa shape index (κ1) is 18.9. The lowest BCUT2D eigenvalue weighted by Gasteiger charge is -2.26. The molecule has 0 saturated heterocycles. The number of hydrogen-bond acceptors (Lipinski definition) is 7. The molecular weight excluding hydrogens is 388 g/mol. The van der Waals surface area contributed by atoms with Gasteiger partial charge in [-0.25, -0.2) is 4.68 Å². The van der Waals surface area contributed by atoms with E-state index in [0.29, 0.717) is 16.8 Å². The van der Waals surface area contributed by atoms with Crippen molar-refractivity contribution in [3.05, 3.63) is 83.8 Å². The summed E-state index contributed by atoms with van der Waals surface area (Å²) in [6, 6.07) is 9.97. The molecule has 0 fully saturated rings. The Hall–Kier alpha value is -4.47. The zero-order valence-electron chi connectivity index (χ0n) is 15.5. The van der Waals surface area contributed by atoms with Crippen molar-refractivity contribution < 1.29 is 19.1 Å². The lowest BCUT2D eigenvalue weighted by Crippen LogP contribution is -2.32. The number of carbonyl (C=O) groups excluding carboxylic acids is 3. The molecule has 1 aliphatic heterocycles. The third-order valence-corrected chi connectivity index (χ3v) is 4.53. The molecule has 0 radical (unpaired) electrons. The number of nitrogens with zero attached hydrogens (tertiary/aromatic N) is 4. The highest BCUT2D eigenvalue weighted by molar-refractivity contribution is 6.01. The molecule has 3 heterocycles. The van der Waals surface area contributed by atoms with Gasteiger partial charge in [0, 0.05) is 23.5 Å². The van der Waals surface area contributed by atoms with Gasteiger partial charge in [0.05, 0.1) is 17.6 Å². The monoisotopic (exact) mass is 404 g/mol. The summed E-state index contributed by atoms with van der Waals surface area (Å²) in [5, 5.41) is 4.27. The highest BCUT2D eigenvalue weighted by Gasteiger charge is 2.37. The van der Waals surface area contributed by atoms with Crippen LogP contribution in [0, 0.1) is 0 Å². The summed E-state index contributed by atoms with van der Waals surface area (Å²) in [5.41, 5.74) is 13.0. The van der Waals surface area contributed by atoms with Crippen LogP contribution in [0.15, 0.2) is 66.9 Å². The number of anilines is 1. The van der Waals surface area contributed by atoms with Crippen LogP contribution in [0.1, 0.15) is 32.6 Å². The molecule has 4 rings (SSSR count). The SMILES string of the molecule is NC(=O)C1=COC(c2ccncc2)N1c1cn(-c2ccc(C=O)cc2)nc1C(N)=O. The van der Waals surface area contributed by atoms with Gasteiger partial charge in [-0.3, -0.25) is 24.3 Å². The van der Waals surface area contributed by atoms with E-state index < -0.39 is 18.0 Å². The summed E-state index contributed by atoms with van der Waals surface area (Å²) in [6.45, 7) is 0. The van der Waals surface area contributed by atoms with Crippen LogP contribution in [0.5, 0.6) is 0 Å². The van der Waals surface area contributed by atoms with Crippen LogP contribution in [0.4, 0.5) is 5.69 Å². The maximum absolute atomic E-state index is 12.1. The van der Waals surface area contributed by atoms with Gasteiger partial charge in [0.15, 0.2) is 5.69 Å². The minimum Gasteiger partial charge on any atom is -0.471 e.